The van der Waals surface area contributed by atoms with Crippen molar-refractivity contribution in [3.63, 3.8) is 0 Å². The summed E-state index contributed by atoms with van der Waals surface area (Å²) in [5.41, 5.74) is 1.03. The Morgan fingerprint density at radius 2 is 1.42 bits per heavy atom. The molecule has 0 aromatic heterocycles. The molecule has 0 saturated heterocycles. The van der Waals surface area contributed by atoms with Crippen LogP contribution in [-0.4, -0.2) is 22.8 Å². The highest BCUT2D eigenvalue weighted by atomic mass is 32.2. The van der Waals surface area contributed by atoms with E-state index in [0.717, 1.165) is 6.07 Å². The van der Waals surface area contributed by atoms with Crippen LogP contribution in [0.25, 0.3) is 23.3 Å². The minimum absolute atomic E-state index is 0.00272. The molecule has 0 spiro atoms. The van der Waals surface area contributed by atoms with Crippen molar-refractivity contribution in [2.75, 3.05) is 0 Å². The maximum absolute atomic E-state index is 11.8. The first-order valence-electron chi connectivity index (χ1n) is 6.65. The van der Waals surface area contributed by atoms with E-state index in [0.29, 0.717) is 11.1 Å². The average molecular weight is 366 g/mol. The van der Waals surface area contributed by atoms with Gasteiger partial charge in [-0.15, -0.1) is 0 Å². The Bertz CT molecular complexity index is 972. The van der Waals surface area contributed by atoms with E-state index in [1.54, 1.807) is 0 Å². The monoisotopic (exact) mass is 366 g/mol. The van der Waals surface area contributed by atoms with E-state index in [1.165, 1.54) is 42.5 Å². The maximum atomic E-state index is 11.8. The summed E-state index contributed by atoms with van der Waals surface area (Å²) in [6, 6.07) is 8.03. The van der Waals surface area contributed by atoms with Crippen LogP contribution in [0.3, 0.4) is 0 Å². The second-order valence-corrected chi connectivity index (χ2v) is 7.92. The van der Waals surface area contributed by atoms with Crippen molar-refractivity contribution in [1.29, 1.82) is 0 Å². The van der Waals surface area contributed by atoms with Gasteiger partial charge in [0.05, 0.1) is 5.30 Å². The predicted molar refractivity (Wildman–Crippen MR) is 93.6 cm³/mol. The van der Waals surface area contributed by atoms with Crippen molar-refractivity contribution >= 4 is 35.2 Å². The minimum atomic E-state index is -4.68. The highest BCUT2D eigenvalue weighted by Crippen LogP contribution is 2.40. The normalized spacial score (nSPS) is 12.0. The van der Waals surface area contributed by atoms with Gasteiger partial charge in [0.1, 0.15) is 4.90 Å². The summed E-state index contributed by atoms with van der Waals surface area (Å²) >= 11 is 0. The zero-order valence-corrected chi connectivity index (χ0v) is 14.2. The molecule has 0 radical (unpaired) electrons. The van der Waals surface area contributed by atoms with E-state index in [2.05, 4.69) is 13.2 Å². The summed E-state index contributed by atoms with van der Waals surface area (Å²) in [6.07, 6.45) is 2.91. The molecule has 126 valence electrons. The first-order valence-corrected chi connectivity index (χ1v) is 9.70. The van der Waals surface area contributed by atoms with Gasteiger partial charge in [-0.2, -0.15) is 8.42 Å². The lowest BCUT2D eigenvalue weighted by atomic mass is 10.0. The summed E-state index contributed by atoms with van der Waals surface area (Å²) in [5.74, 6) is 0. The smallest absolute Gasteiger partial charge is 0.321 e. The Hall–Kier alpha value is -2.02. The first kappa shape index (κ1) is 18.3. The first-order chi connectivity index (χ1) is 11.1. The molecule has 0 unspecified atom stereocenters. The summed E-state index contributed by atoms with van der Waals surface area (Å²) in [6.45, 7) is 7.17. The lowest BCUT2D eigenvalue weighted by Gasteiger charge is -2.15. The molecule has 0 aliphatic carbocycles. The minimum Gasteiger partial charge on any atom is -0.321 e. The lowest BCUT2D eigenvalue weighted by molar-refractivity contribution is 0.387. The molecule has 3 N–H and O–H groups in total. The second-order valence-electron chi connectivity index (χ2n) is 4.96. The van der Waals surface area contributed by atoms with Gasteiger partial charge < -0.3 is 9.79 Å². The van der Waals surface area contributed by atoms with Gasteiger partial charge in [-0.25, -0.2) is 0 Å². The number of hydrogen-bond donors (Lipinski definition) is 3. The molecule has 0 fully saturated rings. The Balaban J connectivity index is 2.96. The molecule has 0 bridgehead atoms. The summed E-state index contributed by atoms with van der Waals surface area (Å²) in [5, 5.41) is -0.348. The lowest BCUT2D eigenvalue weighted by Crippen LogP contribution is -2.11. The number of benzene rings is 2. The molecule has 8 heteroatoms. The Labute approximate surface area is 139 Å². The molecule has 0 saturated carbocycles. The topological polar surface area (TPSA) is 112 Å². The third kappa shape index (κ3) is 3.72. The van der Waals surface area contributed by atoms with Crippen molar-refractivity contribution in [2.24, 2.45) is 0 Å². The van der Waals surface area contributed by atoms with Gasteiger partial charge in [0, 0.05) is 5.56 Å². The van der Waals surface area contributed by atoms with Gasteiger partial charge in [-0.05, 0) is 41.0 Å². The fourth-order valence-corrected chi connectivity index (χ4v) is 3.71. The van der Waals surface area contributed by atoms with Crippen molar-refractivity contribution in [1.82, 2.24) is 0 Å². The fourth-order valence-electron chi connectivity index (χ4n) is 2.26. The van der Waals surface area contributed by atoms with E-state index in [1.807, 2.05) is 0 Å². The summed E-state index contributed by atoms with van der Waals surface area (Å²) < 4.78 is 44.5. The molecule has 2 rings (SSSR count). The van der Waals surface area contributed by atoms with E-state index < -0.39 is 22.6 Å². The molecule has 2 aromatic carbocycles. The standard InChI is InChI=1S/C16H15O6PS/c1-3-11-5-7-15(23(17,18)19)13(9-11)14-10-12(4-2)6-8-16(14)24(20,21)22/h3-10H,1-2H2,(H2,17,18,19)(H,20,21,22). The Morgan fingerprint density at radius 3 is 1.88 bits per heavy atom. The van der Waals surface area contributed by atoms with Crippen molar-refractivity contribution < 1.29 is 27.3 Å². The van der Waals surface area contributed by atoms with E-state index in [4.69, 9.17) is 0 Å². The van der Waals surface area contributed by atoms with Gasteiger partial charge in [0.2, 0.25) is 0 Å². The van der Waals surface area contributed by atoms with Crippen molar-refractivity contribution in [2.45, 2.75) is 4.90 Å². The molecule has 0 atom stereocenters. The van der Waals surface area contributed by atoms with E-state index in [9.17, 15) is 27.3 Å². The highest BCUT2D eigenvalue weighted by molar-refractivity contribution is 7.86. The van der Waals surface area contributed by atoms with Crippen LogP contribution in [-0.2, 0) is 14.7 Å². The van der Waals surface area contributed by atoms with Crippen molar-refractivity contribution in [3.8, 4) is 11.1 Å². The molecule has 6 nitrogen and oxygen atoms in total. The van der Waals surface area contributed by atoms with Crippen LogP contribution in [0.1, 0.15) is 11.1 Å². The van der Waals surface area contributed by atoms with Crippen LogP contribution in [0.15, 0.2) is 54.5 Å². The highest BCUT2D eigenvalue weighted by Gasteiger charge is 2.26. The third-order valence-electron chi connectivity index (χ3n) is 3.38. The zero-order valence-electron chi connectivity index (χ0n) is 12.5. The Morgan fingerprint density at radius 1 is 0.917 bits per heavy atom. The van der Waals surface area contributed by atoms with Crippen LogP contribution in [0.5, 0.6) is 0 Å². The second kappa shape index (κ2) is 6.47. The largest absolute Gasteiger partial charge is 0.356 e. The quantitative estimate of drug-likeness (QED) is 0.554. The van der Waals surface area contributed by atoms with Crippen LogP contribution in [0, 0.1) is 0 Å². The summed E-state index contributed by atoms with van der Waals surface area (Å²) in [4.78, 5) is 18.7. The SMILES string of the molecule is C=Cc1ccc(P(=O)(O)O)c(-c2cc(C=C)ccc2S(=O)(=O)O)c1. The van der Waals surface area contributed by atoms with E-state index in [-0.39, 0.29) is 16.4 Å². The molecule has 2 aromatic rings. The molecular weight excluding hydrogens is 351 g/mol. The molecule has 0 aliphatic heterocycles. The maximum Gasteiger partial charge on any atom is 0.356 e. The van der Waals surface area contributed by atoms with Gasteiger partial charge in [-0.1, -0.05) is 37.4 Å². The van der Waals surface area contributed by atoms with Gasteiger partial charge >= 0.3 is 7.60 Å². The Kier molecular flexibility index (Phi) is 4.94. The zero-order chi connectivity index (χ0) is 18.1. The third-order valence-corrected chi connectivity index (χ3v) is 5.31. The van der Waals surface area contributed by atoms with Crippen LogP contribution < -0.4 is 5.30 Å². The average Bonchev–Trinajstić information content (AvgIpc) is 2.51. The van der Waals surface area contributed by atoms with Gasteiger partial charge in [-0.3, -0.25) is 9.12 Å². The number of hydrogen-bond acceptors (Lipinski definition) is 3. The predicted octanol–water partition coefficient (Wildman–Crippen LogP) is 2.69. The molecular formula is C16H15O6PS. The van der Waals surface area contributed by atoms with Gasteiger partial charge in [0.25, 0.3) is 10.1 Å². The fraction of sp³-hybridized carbons (Fsp3) is 0. The molecule has 24 heavy (non-hydrogen) atoms. The number of rotatable bonds is 5. The molecule has 0 amide bonds. The summed E-state index contributed by atoms with van der Waals surface area (Å²) in [7, 11) is -9.29. The van der Waals surface area contributed by atoms with Crippen LogP contribution in [0.4, 0.5) is 0 Å². The van der Waals surface area contributed by atoms with E-state index >= 15 is 0 Å². The van der Waals surface area contributed by atoms with Crippen LogP contribution >= 0.6 is 7.60 Å². The van der Waals surface area contributed by atoms with Gasteiger partial charge in [0.15, 0.2) is 0 Å². The van der Waals surface area contributed by atoms with Crippen molar-refractivity contribution in [3.05, 3.63) is 60.7 Å². The molecule has 0 heterocycles. The molecule has 0 aliphatic rings. The van der Waals surface area contributed by atoms with Crippen LogP contribution in [0.2, 0.25) is 0 Å².